The van der Waals surface area contributed by atoms with Gasteiger partial charge in [-0.3, -0.25) is 9.59 Å². The molecule has 0 unspecified atom stereocenters. The van der Waals surface area contributed by atoms with Crippen LogP contribution >= 0.6 is 0 Å². The van der Waals surface area contributed by atoms with E-state index in [4.69, 9.17) is 9.47 Å². The van der Waals surface area contributed by atoms with E-state index >= 15 is 0 Å². The van der Waals surface area contributed by atoms with Crippen LogP contribution in [0, 0.1) is 5.82 Å². The van der Waals surface area contributed by atoms with Crippen LogP contribution in [0.3, 0.4) is 0 Å². The van der Waals surface area contributed by atoms with Crippen molar-refractivity contribution in [1.29, 1.82) is 0 Å². The van der Waals surface area contributed by atoms with Gasteiger partial charge < -0.3 is 35.0 Å². The van der Waals surface area contributed by atoms with Crippen LogP contribution in [0.5, 0.6) is 11.5 Å². The number of ether oxygens (including phenoxy) is 2. The Bertz CT molecular complexity index is 1200. The number of benzene rings is 2. The summed E-state index contributed by atoms with van der Waals surface area (Å²) in [6, 6.07) is 8.16. The lowest BCUT2D eigenvalue weighted by molar-refractivity contribution is -0.138. The summed E-state index contributed by atoms with van der Waals surface area (Å²) < 4.78 is 25.2. The van der Waals surface area contributed by atoms with Gasteiger partial charge in [0.05, 0.1) is 32.3 Å². The molecule has 10 heteroatoms. The number of amides is 2. The monoisotopic (exact) mass is 528 g/mol. The highest BCUT2D eigenvalue weighted by Crippen LogP contribution is 2.51. The molecule has 38 heavy (non-hydrogen) atoms. The average molecular weight is 529 g/mol. The largest absolute Gasteiger partial charge is 0.493 e. The van der Waals surface area contributed by atoms with Gasteiger partial charge in [0.15, 0.2) is 11.5 Å². The van der Waals surface area contributed by atoms with E-state index < -0.39 is 35.9 Å². The van der Waals surface area contributed by atoms with Gasteiger partial charge in [0.1, 0.15) is 18.0 Å². The van der Waals surface area contributed by atoms with E-state index in [-0.39, 0.29) is 44.2 Å². The molecule has 1 aliphatic carbocycles. The first kappa shape index (κ1) is 27.6. The molecule has 2 aromatic carbocycles. The molecule has 0 radical (unpaired) electrons. The van der Waals surface area contributed by atoms with E-state index in [1.54, 1.807) is 30.3 Å². The Morgan fingerprint density at radius 1 is 1.16 bits per heavy atom. The molecule has 2 amide bonds. The van der Waals surface area contributed by atoms with Crippen molar-refractivity contribution in [3.05, 3.63) is 70.6 Å². The van der Waals surface area contributed by atoms with Gasteiger partial charge in [-0.25, -0.2) is 4.39 Å². The lowest BCUT2D eigenvalue weighted by Crippen LogP contribution is -2.55. The van der Waals surface area contributed by atoms with Gasteiger partial charge in [-0.05, 0) is 47.9 Å². The fourth-order valence-corrected chi connectivity index (χ4v) is 5.12. The smallest absolute Gasteiger partial charge is 0.247 e. The number of aliphatic hydroxyl groups excluding tert-OH is 3. The van der Waals surface area contributed by atoms with E-state index in [1.807, 2.05) is 6.92 Å². The maximum absolute atomic E-state index is 13.5. The maximum Gasteiger partial charge on any atom is 0.247 e. The molecule has 0 saturated heterocycles. The van der Waals surface area contributed by atoms with Crippen molar-refractivity contribution in [2.24, 2.45) is 0 Å². The highest BCUT2D eigenvalue weighted by atomic mass is 19.1. The Hall–Kier alpha value is -3.47. The standard InChI is InChI=1S/C28H33FN2O7/c1-3-4-23(34)31(14-16-5-7-18(29)8-6-16)21-13-20(28(36)30-9-10-32)24-19-11-17(15-33)12-22(37-2)26(19)38-27(24)25(21)35/h5-8,11-13,21,24-25,27,32-33,35H,3-4,9-10,14-15H2,1-2H3,(H,30,36)/t21-,24+,25+,27+/m1/s1. The highest BCUT2D eigenvalue weighted by Gasteiger charge is 2.51. The normalized spacial score (nSPS) is 21.6. The number of fused-ring (bicyclic) bond motifs is 3. The van der Waals surface area contributed by atoms with Gasteiger partial charge in [0.2, 0.25) is 11.8 Å². The van der Waals surface area contributed by atoms with Crippen molar-refractivity contribution >= 4 is 11.8 Å². The number of halogens is 1. The fraction of sp³-hybridized carbons (Fsp3) is 0.429. The molecular weight excluding hydrogens is 495 g/mol. The molecule has 2 aromatic rings. The molecular formula is C28H33FN2O7. The molecule has 204 valence electrons. The molecule has 1 aliphatic heterocycles. The molecule has 4 N–H and O–H groups in total. The number of carbonyl (C=O) groups is 2. The Morgan fingerprint density at radius 2 is 1.89 bits per heavy atom. The number of aliphatic hydroxyl groups is 3. The third-order valence-electron chi connectivity index (χ3n) is 6.91. The van der Waals surface area contributed by atoms with Crippen LogP contribution in [0.2, 0.25) is 0 Å². The summed E-state index contributed by atoms with van der Waals surface area (Å²) in [4.78, 5) is 28.1. The minimum Gasteiger partial charge on any atom is -0.493 e. The Balaban J connectivity index is 1.81. The van der Waals surface area contributed by atoms with Crippen molar-refractivity contribution in [3.63, 3.8) is 0 Å². The van der Waals surface area contributed by atoms with Crippen LogP contribution in [0.1, 0.15) is 42.4 Å². The summed E-state index contributed by atoms with van der Waals surface area (Å²) in [6.45, 7) is 1.44. The molecule has 9 nitrogen and oxygen atoms in total. The maximum atomic E-state index is 13.5. The van der Waals surface area contributed by atoms with E-state index in [0.717, 1.165) is 0 Å². The first-order valence-corrected chi connectivity index (χ1v) is 12.6. The molecule has 0 aromatic heterocycles. The summed E-state index contributed by atoms with van der Waals surface area (Å²) in [7, 11) is 1.46. The predicted molar refractivity (Wildman–Crippen MR) is 136 cm³/mol. The Labute approximate surface area is 220 Å². The molecule has 4 atom stereocenters. The second-order valence-electron chi connectivity index (χ2n) is 9.42. The number of hydrogen-bond donors (Lipinski definition) is 4. The van der Waals surface area contributed by atoms with Crippen LogP contribution in [-0.2, 0) is 22.7 Å². The van der Waals surface area contributed by atoms with Crippen molar-refractivity contribution < 1.29 is 38.8 Å². The van der Waals surface area contributed by atoms with E-state index in [2.05, 4.69) is 5.32 Å². The van der Waals surface area contributed by atoms with Crippen molar-refractivity contribution in [1.82, 2.24) is 10.2 Å². The third-order valence-corrected chi connectivity index (χ3v) is 6.91. The highest BCUT2D eigenvalue weighted by molar-refractivity contribution is 5.96. The number of methoxy groups -OCH3 is 1. The zero-order chi connectivity index (χ0) is 27.4. The number of nitrogens with zero attached hydrogens (tertiary/aromatic N) is 1. The van der Waals surface area contributed by atoms with Crippen LogP contribution in [0.25, 0.3) is 0 Å². The molecule has 4 rings (SSSR count). The predicted octanol–water partition coefficient (Wildman–Crippen LogP) is 1.78. The fourth-order valence-electron chi connectivity index (χ4n) is 5.12. The topological polar surface area (TPSA) is 129 Å². The van der Waals surface area contributed by atoms with Gasteiger partial charge in [-0.1, -0.05) is 19.1 Å². The van der Waals surface area contributed by atoms with Gasteiger partial charge in [-0.2, -0.15) is 0 Å². The van der Waals surface area contributed by atoms with E-state index in [9.17, 15) is 29.3 Å². The first-order chi connectivity index (χ1) is 18.3. The number of carbonyl (C=O) groups excluding carboxylic acids is 2. The Kier molecular flexibility index (Phi) is 8.65. The lowest BCUT2D eigenvalue weighted by Gasteiger charge is -2.40. The van der Waals surface area contributed by atoms with Crippen molar-refractivity contribution in [2.45, 2.75) is 57.1 Å². The molecule has 0 spiro atoms. The van der Waals surface area contributed by atoms with Crippen LogP contribution in [-0.4, -0.2) is 70.5 Å². The first-order valence-electron chi connectivity index (χ1n) is 12.6. The van der Waals surface area contributed by atoms with Gasteiger partial charge in [0, 0.05) is 30.6 Å². The minimum atomic E-state index is -1.22. The SMILES string of the molecule is CCCC(=O)N(Cc1ccc(F)cc1)[C@@H]1C=C(C(=O)NCCO)[C@@H]2c3cc(CO)cc(OC)c3O[C@@H]2[C@H]1O. The van der Waals surface area contributed by atoms with Crippen LogP contribution < -0.4 is 14.8 Å². The zero-order valence-electron chi connectivity index (χ0n) is 21.4. The van der Waals surface area contributed by atoms with E-state index in [0.29, 0.717) is 34.6 Å². The molecule has 1 heterocycles. The second kappa shape index (κ2) is 11.9. The van der Waals surface area contributed by atoms with Gasteiger partial charge in [0.25, 0.3) is 0 Å². The summed E-state index contributed by atoms with van der Waals surface area (Å²) in [5.74, 6) is -1.11. The second-order valence-corrected chi connectivity index (χ2v) is 9.42. The lowest BCUT2D eigenvalue weighted by atomic mass is 9.77. The van der Waals surface area contributed by atoms with Crippen LogP contribution in [0.15, 0.2) is 48.0 Å². The quantitative estimate of drug-likeness (QED) is 0.370. The summed E-state index contributed by atoms with van der Waals surface area (Å²) >= 11 is 0. The van der Waals surface area contributed by atoms with Gasteiger partial charge in [-0.15, -0.1) is 0 Å². The molecule has 0 fully saturated rings. The van der Waals surface area contributed by atoms with Crippen molar-refractivity contribution in [2.75, 3.05) is 20.3 Å². The summed E-state index contributed by atoms with van der Waals surface area (Å²) in [5, 5.41) is 33.3. The number of rotatable bonds is 10. The molecule has 2 aliphatic rings. The molecule has 0 bridgehead atoms. The number of nitrogens with one attached hydrogen (secondary N) is 1. The third kappa shape index (κ3) is 5.38. The number of hydrogen-bond acceptors (Lipinski definition) is 7. The summed E-state index contributed by atoms with van der Waals surface area (Å²) in [6.07, 6.45) is 0.219. The average Bonchev–Trinajstić information content (AvgIpc) is 3.31. The summed E-state index contributed by atoms with van der Waals surface area (Å²) in [5.41, 5.74) is 2.05. The Morgan fingerprint density at radius 3 is 2.53 bits per heavy atom. The zero-order valence-corrected chi connectivity index (χ0v) is 21.4. The van der Waals surface area contributed by atoms with E-state index in [1.165, 1.54) is 24.1 Å². The van der Waals surface area contributed by atoms with Gasteiger partial charge >= 0.3 is 0 Å². The minimum absolute atomic E-state index is 0.0164. The van der Waals surface area contributed by atoms with Crippen LogP contribution in [0.4, 0.5) is 4.39 Å². The van der Waals surface area contributed by atoms with Crippen molar-refractivity contribution in [3.8, 4) is 11.5 Å². The molecule has 0 saturated carbocycles.